The molecule has 2 aromatic heterocycles. The van der Waals surface area contributed by atoms with Gasteiger partial charge in [0.05, 0.1) is 16.2 Å². The Bertz CT molecular complexity index is 1240. The van der Waals surface area contributed by atoms with Crippen LogP contribution in [0.15, 0.2) is 54.7 Å². The van der Waals surface area contributed by atoms with E-state index in [0.717, 1.165) is 0 Å². The molecule has 1 fully saturated rings. The van der Waals surface area contributed by atoms with Gasteiger partial charge in [0.1, 0.15) is 11.6 Å². The van der Waals surface area contributed by atoms with Gasteiger partial charge in [-0.2, -0.15) is 0 Å². The molecule has 11 nitrogen and oxygen atoms in total. The predicted octanol–water partition coefficient (Wildman–Crippen LogP) is 3.68. The molecule has 3 N–H and O–H groups in total. The monoisotopic (exact) mass is 480 g/mol. The van der Waals surface area contributed by atoms with Gasteiger partial charge in [0.25, 0.3) is 5.91 Å². The first-order chi connectivity index (χ1) is 16.8. The van der Waals surface area contributed by atoms with Gasteiger partial charge in [-0.1, -0.05) is 0 Å². The van der Waals surface area contributed by atoms with E-state index >= 15 is 0 Å². The van der Waals surface area contributed by atoms with Gasteiger partial charge in [-0.25, -0.2) is 19.2 Å². The highest BCUT2D eigenvalue weighted by molar-refractivity contribution is 6.04. The zero-order chi connectivity index (χ0) is 24.9. The van der Waals surface area contributed by atoms with Crippen LogP contribution >= 0.6 is 0 Å². The van der Waals surface area contributed by atoms with Crippen molar-refractivity contribution in [2.24, 2.45) is 0 Å². The number of nitrogens with zero attached hydrogens (tertiary/aromatic N) is 4. The van der Waals surface area contributed by atoms with Crippen molar-refractivity contribution in [1.82, 2.24) is 15.3 Å². The lowest BCUT2D eigenvalue weighted by molar-refractivity contribution is -0.384. The summed E-state index contributed by atoms with van der Waals surface area (Å²) >= 11 is 0. The molecule has 1 aliphatic rings. The largest absolute Gasteiger partial charge is 0.465 e. The molecular weight excluding hydrogens is 459 g/mol. The summed E-state index contributed by atoms with van der Waals surface area (Å²) in [5.74, 6) is -0.654. The second kappa shape index (κ2) is 10.1. The molecule has 0 aliphatic carbocycles. The third-order valence-electron chi connectivity index (χ3n) is 5.60. The number of anilines is 2. The fraction of sp³-hybridized carbons (Fsp3) is 0.217. The topological polar surface area (TPSA) is 151 Å². The third kappa shape index (κ3) is 5.66. The van der Waals surface area contributed by atoms with Crippen LogP contribution in [0.2, 0.25) is 0 Å². The maximum Gasteiger partial charge on any atom is 0.404 e. The summed E-state index contributed by atoms with van der Waals surface area (Å²) in [4.78, 5) is 44.9. The Kier molecular flexibility index (Phi) is 6.81. The minimum atomic E-state index is -1.05. The van der Waals surface area contributed by atoms with Crippen LogP contribution in [-0.2, 0) is 0 Å². The summed E-state index contributed by atoms with van der Waals surface area (Å²) in [5, 5.41) is 25.2. The van der Waals surface area contributed by atoms with Crippen molar-refractivity contribution in [3.63, 3.8) is 0 Å². The highest BCUT2D eigenvalue weighted by atomic mass is 19.1. The lowest BCUT2D eigenvalue weighted by atomic mass is 10.1. The van der Waals surface area contributed by atoms with E-state index in [4.69, 9.17) is 5.11 Å². The van der Waals surface area contributed by atoms with Crippen molar-refractivity contribution in [1.29, 1.82) is 0 Å². The Morgan fingerprint density at radius 2 is 1.80 bits per heavy atom. The SMILES string of the molecule is O=C(O)NC1CCN(c2ccc(C(=O)Nc3nc(-c4ccc(F)cc4)ccc3[N+](=O)[O-])cn2)CC1. The molecule has 1 aliphatic heterocycles. The Balaban J connectivity index is 1.47. The van der Waals surface area contributed by atoms with E-state index in [1.165, 1.54) is 42.6 Å². The molecule has 0 unspecified atom stereocenters. The molecule has 12 heteroatoms. The van der Waals surface area contributed by atoms with Crippen molar-refractivity contribution in [2.45, 2.75) is 18.9 Å². The average molecular weight is 480 g/mol. The highest BCUT2D eigenvalue weighted by Crippen LogP contribution is 2.28. The minimum absolute atomic E-state index is 0.109. The number of nitro groups is 1. The predicted molar refractivity (Wildman–Crippen MR) is 125 cm³/mol. The molecule has 0 bridgehead atoms. The van der Waals surface area contributed by atoms with Gasteiger partial charge in [0.15, 0.2) is 0 Å². The van der Waals surface area contributed by atoms with Gasteiger partial charge in [-0.05, 0) is 55.3 Å². The number of halogens is 1. The average Bonchev–Trinajstić information content (AvgIpc) is 2.84. The van der Waals surface area contributed by atoms with E-state index in [0.29, 0.717) is 43.0 Å². The van der Waals surface area contributed by atoms with Crippen molar-refractivity contribution in [3.8, 4) is 11.3 Å². The normalized spacial score (nSPS) is 13.8. The molecule has 3 heterocycles. The van der Waals surface area contributed by atoms with Crippen molar-refractivity contribution >= 4 is 29.3 Å². The quantitative estimate of drug-likeness (QED) is 0.357. The number of rotatable bonds is 6. The first-order valence-corrected chi connectivity index (χ1v) is 10.7. The standard InChI is InChI=1S/C23H21FN6O5/c24-16-4-1-14(2-5-16)18-6-7-19(30(34)35)21(27-18)28-22(31)15-3-8-20(25-13-15)29-11-9-17(10-12-29)26-23(32)33/h1-8,13,17,26H,9-12H2,(H,32,33)(H,27,28,31). The smallest absolute Gasteiger partial charge is 0.404 e. The molecule has 0 spiro atoms. The van der Waals surface area contributed by atoms with Crippen LogP contribution in [-0.4, -0.2) is 51.1 Å². The maximum absolute atomic E-state index is 13.2. The summed E-state index contributed by atoms with van der Waals surface area (Å²) in [5.41, 5.74) is 0.663. The number of aromatic nitrogens is 2. The van der Waals surface area contributed by atoms with Crippen LogP contribution in [0.25, 0.3) is 11.3 Å². The molecule has 1 aromatic carbocycles. The van der Waals surface area contributed by atoms with Crippen LogP contribution < -0.4 is 15.5 Å². The number of piperidine rings is 1. The molecule has 0 saturated carbocycles. The lowest BCUT2D eigenvalue weighted by Crippen LogP contribution is -2.44. The summed E-state index contributed by atoms with van der Waals surface area (Å²) < 4.78 is 13.2. The zero-order valence-electron chi connectivity index (χ0n) is 18.3. The molecule has 0 atom stereocenters. The Labute approximate surface area is 198 Å². The number of carbonyl (C=O) groups excluding carboxylic acids is 1. The Morgan fingerprint density at radius 1 is 1.09 bits per heavy atom. The summed E-state index contributed by atoms with van der Waals surface area (Å²) in [7, 11) is 0. The first-order valence-electron chi connectivity index (χ1n) is 10.7. The van der Waals surface area contributed by atoms with E-state index in [-0.39, 0.29) is 23.1 Å². The van der Waals surface area contributed by atoms with Crippen LogP contribution in [0.5, 0.6) is 0 Å². The van der Waals surface area contributed by atoms with Gasteiger partial charge < -0.3 is 20.6 Å². The summed E-state index contributed by atoms with van der Waals surface area (Å²) in [6.45, 7) is 1.21. The van der Waals surface area contributed by atoms with Gasteiger partial charge in [-0.15, -0.1) is 0 Å². The number of hydrogen-bond donors (Lipinski definition) is 3. The Hall–Kier alpha value is -4.61. The number of carbonyl (C=O) groups is 2. The summed E-state index contributed by atoms with van der Waals surface area (Å²) in [6, 6.07) is 11.2. The van der Waals surface area contributed by atoms with E-state index in [2.05, 4.69) is 20.6 Å². The maximum atomic E-state index is 13.2. The molecule has 0 radical (unpaired) electrons. The fourth-order valence-corrected chi connectivity index (χ4v) is 3.79. The van der Waals surface area contributed by atoms with E-state index < -0.39 is 22.7 Å². The number of amides is 2. The molecule has 2 amide bonds. The van der Waals surface area contributed by atoms with Gasteiger partial charge >= 0.3 is 11.8 Å². The lowest BCUT2D eigenvalue weighted by Gasteiger charge is -2.32. The summed E-state index contributed by atoms with van der Waals surface area (Å²) in [6.07, 6.45) is 1.59. The number of pyridine rings is 2. The molecule has 3 aromatic rings. The molecular formula is C23H21FN6O5. The number of hydrogen-bond acceptors (Lipinski definition) is 7. The van der Waals surface area contributed by atoms with E-state index in [9.17, 15) is 24.1 Å². The van der Waals surface area contributed by atoms with Crippen molar-refractivity contribution in [3.05, 3.63) is 76.2 Å². The number of carboxylic acid groups (broad SMARTS) is 1. The van der Waals surface area contributed by atoms with Gasteiger partial charge in [0.2, 0.25) is 5.82 Å². The second-order valence-electron chi connectivity index (χ2n) is 7.90. The van der Waals surface area contributed by atoms with Crippen LogP contribution in [0.1, 0.15) is 23.2 Å². The van der Waals surface area contributed by atoms with Crippen LogP contribution in [0, 0.1) is 15.9 Å². The first kappa shape index (κ1) is 23.5. The Morgan fingerprint density at radius 3 is 2.40 bits per heavy atom. The molecule has 1 saturated heterocycles. The minimum Gasteiger partial charge on any atom is -0.465 e. The van der Waals surface area contributed by atoms with Gasteiger partial charge in [0, 0.05) is 37.0 Å². The van der Waals surface area contributed by atoms with Gasteiger partial charge in [-0.3, -0.25) is 14.9 Å². The van der Waals surface area contributed by atoms with Crippen LogP contribution in [0.4, 0.5) is 26.5 Å². The molecule has 35 heavy (non-hydrogen) atoms. The van der Waals surface area contributed by atoms with Crippen LogP contribution in [0.3, 0.4) is 0 Å². The van der Waals surface area contributed by atoms with E-state index in [1.807, 2.05) is 4.90 Å². The molecule has 180 valence electrons. The second-order valence-corrected chi connectivity index (χ2v) is 7.90. The van der Waals surface area contributed by atoms with E-state index in [1.54, 1.807) is 12.1 Å². The number of benzene rings is 1. The molecule has 4 rings (SSSR count). The fourth-order valence-electron chi connectivity index (χ4n) is 3.79. The number of nitrogens with one attached hydrogen (secondary N) is 2. The van der Waals surface area contributed by atoms with Crippen molar-refractivity contribution in [2.75, 3.05) is 23.3 Å². The zero-order valence-corrected chi connectivity index (χ0v) is 18.3. The van der Waals surface area contributed by atoms with Crippen molar-refractivity contribution < 1.29 is 24.0 Å². The highest BCUT2D eigenvalue weighted by Gasteiger charge is 2.23. The third-order valence-corrected chi connectivity index (χ3v) is 5.60.